The van der Waals surface area contributed by atoms with E-state index in [4.69, 9.17) is 5.84 Å². The Kier molecular flexibility index (Phi) is 3.88. The summed E-state index contributed by atoms with van der Waals surface area (Å²) in [6, 6.07) is 13.7. The fourth-order valence-corrected chi connectivity index (χ4v) is 2.13. The molecule has 0 bridgehead atoms. The first-order valence-electron chi connectivity index (χ1n) is 6.74. The van der Waals surface area contributed by atoms with Crippen molar-refractivity contribution in [3.63, 3.8) is 0 Å². The van der Waals surface area contributed by atoms with Crippen molar-refractivity contribution in [3.8, 4) is 0 Å². The Labute approximate surface area is 122 Å². The van der Waals surface area contributed by atoms with Crippen molar-refractivity contribution in [2.24, 2.45) is 5.84 Å². The predicted octanol–water partition coefficient (Wildman–Crippen LogP) is 1.96. The Bertz CT molecular complexity index is 729. The molecule has 0 unspecified atom stereocenters. The molecule has 0 spiro atoms. The van der Waals surface area contributed by atoms with Crippen LogP contribution in [-0.2, 0) is 6.42 Å². The van der Waals surface area contributed by atoms with E-state index < -0.39 is 0 Å². The number of fused-ring (bicyclic) bond motifs is 1. The van der Waals surface area contributed by atoms with Crippen LogP contribution in [0.15, 0.2) is 48.7 Å². The number of para-hydroxylation sites is 1. The third kappa shape index (κ3) is 3.06. The van der Waals surface area contributed by atoms with E-state index in [2.05, 4.69) is 25.7 Å². The van der Waals surface area contributed by atoms with Gasteiger partial charge >= 0.3 is 0 Å². The summed E-state index contributed by atoms with van der Waals surface area (Å²) in [5.74, 6) is 6.58. The van der Waals surface area contributed by atoms with Gasteiger partial charge in [-0.25, -0.2) is 10.8 Å². The summed E-state index contributed by atoms with van der Waals surface area (Å²) in [4.78, 5) is 13.0. The zero-order valence-electron chi connectivity index (χ0n) is 11.5. The van der Waals surface area contributed by atoms with Crippen LogP contribution in [0.3, 0.4) is 0 Å². The number of aromatic nitrogens is 3. The van der Waals surface area contributed by atoms with Gasteiger partial charge in [0.15, 0.2) is 0 Å². The van der Waals surface area contributed by atoms with Crippen LogP contribution in [0.5, 0.6) is 0 Å². The number of benzene rings is 1. The van der Waals surface area contributed by atoms with E-state index in [0.717, 1.165) is 35.4 Å². The van der Waals surface area contributed by atoms with E-state index in [1.54, 1.807) is 6.20 Å². The van der Waals surface area contributed by atoms with Crippen molar-refractivity contribution in [2.45, 2.75) is 6.42 Å². The smallest absolute Gasteiger partial charge is 0.239 e. The minimum atomic E-state index is 0.397. The van der Waals surface area contributed by atoms with E-state index in [1.165, 1.54) is 0 Å². The molecule has 0 radical (unpaired) electrons. The molecule has 106 valence electrons. The van der Waals surface area contributed by atoms with E-state index in [9.17, 15) is 0 Å². The molecule has 0 saturated heterocycles. The second kappa shape index (κ2) is 6.15. The van der Waals surface area contributed by atoms with Crippen LogP contribution >= 0.6 is 0 Å². The Hall–Kier alpha value is -2.73. The molecule has 0 saturated carbocycles. The van der Waals surface area contributed by atoms with Crippen molar-refractivity contribution in [2.75, 3.05) is 17.3 Å². The molecule has 3 rings (SSSR count). The molecule has 4 N–H and O–H groups in total. The van der Waals surface area contributed by atoms with Gasteiger partial charge in [0.05, 0.1) is 5.52 Å². The van der Waals surface area contributed by atoms with E-state index in [-0.39, 0.29) is 0 Å². The van der Waals surface area contributed by atoms with Crippen molar-refractivity contribution in [1.29, 1.82) is 0 Å². The lowest BCUT2D eigenvalue weighted by Crippen LogP contribution is -2.13. The summed E-state index contributed by atoms with van der Waals surface area (Å²) < 4.78 is 0. The van der Waals surface area contributed by atoms with Crippen LogP contribution in [-0.4, -0.2) is 21.5 Å². The number of nitrogens with zero attached hydrogens (tertiary/aromatic N) is 3. The fraction of sp³-hybridized carbons (Fsp3) is 0.133. The maximum absolute atomic E-state index is 5.42. The Morgan fingerprint density at radius 3 is 2.67 bits per heavy atom. The molecule has 0 amide bonds. The summed E-state index contributed by atoms with van der Waals surface area (Å²) in [5.41, 5.74) is 4.38. The first-order chi connectivity index (χ1) is 10.4. The quantitative estimate of drug-likeness (QED) is 0.489. The van der Waals surface area contributed by atoms with Gasteiger partial charge in [-0.3, -0.25) is 10.4 Å². The maximum atomic E-state index is 5.42. The molecule has 2 heterocycles. The zero-order valence-corrected chi connectivity index (χ0v) is 11.5. The van der Waals surface area contributed by atoms with Crippen LogP contribution in [0.1, 0.15) is 5.69 Å². The zero-order chi connectivity index (χ0) is 14.5. The molecular formula is C15H16N6. The van der Waals surface area contributed by atoms with Gasteiger partial charge in [-0.05, 0) is 24.3 Å². The Morgan fingerprint density at radius 1 is 1.00 bits per heavy atom. The lowest BCUT2D eigenvalue weighted by atomic mass is 10.2. The molecule has 3 aromatic rings. The number of hydrazine groups is 1. The average Bonchev–Trinajstić information content (AvgIpc) is 2.55. The van der Waals surface area contributed by atoms with Crippen molar-refractivity contribution >= 4 is 22.7 Å². The third-order valence-corrected chi connectivity index (χ3v) is 3.13. The normalized spacial score (nSPS) is 10.5. The van der Waals surface area contributed by atoms with Gasteiger partial charge in [-0.15, -0.1) is 0 Å². The van der Waals surface area contributed by atoms with Crippen molar-refractivity contribution < 1.29 is 0 Å². The van der Waals surface area contributed by atoms with Crippen molar-refractivity contribution in [3.05, 3.63) is 54.4 Å². The highest BCUT2D eigenvalue weighted by molar-refractivity contribution is 5.89. The van der Waals surface area contributed by atoms with E-state index in [0.29, 0.717) is 5.95 Å². The third-order valence-electron chi connectivity index (χ3n) is 3.13. The number of pyridine rings is 1. The lowest BCUT2D eigenvalue weighted by molar-refractivity contribution is 0.954. The lowest BCUT2D eigenvalue weighted by Gasteiger charge is -2.10. The number of hydrogen-bond donors (Lipinski definition) is 3. The molecule has 0 atom stereocenters. The van der Waals surface area contributed by atoms with Crippen LogP contribution in [0.4, 0.5) is 11.8 Å². The van der Waals surface area contributed by atoms with Crippen molar-refractivity contribution in [1.82, 2.24) is 15.0 Å². The summed E-state index contributed by atoms with van der Waals surface area (Å²) >= 11 is 0. The highest BCUT2D eigenvalue weighted by atomic mass is 15.3. The summed E-state index contributed by atoms with van der Waals surface area (Å²) in [6.07, 6.45) is 2.62. The SMILES string of the molecule is NNc1nc(NCCc2ccccn2)c2ccccc2n1. The van der Waals surface area contributed by atoms with Gasteiger partial charge in [0.25, 0.3) is 0 Å². The average molecular weight is 280 g/mol. The Morgan fingerprint density at radius 2 is 1.86 bits per heavy atom. The second-order valence-electron chi connectivity index (χ2n) is 4.56. The molecule has 21 heavy (non-hydrogen) atoms. The maximum Gasteiger partial charge on any atom is 0.239 e. The summed E-state index contributed by atoms with van der Waals surface area (Å²) in [7, 11) is 0. The highest BCUT2D eigenvalue weighted by Crippen LogP contribution is 2.21. The van der Waals surface area contributed by atoms with Gasteiger partial charge in [-0.1, -0.05) is 18.2 Å². The Balaban J connectivity index is 1.79. The molecule has 2 aromatic heterocycles. The van der Waals surface area contributed by atoms with Gasteiger partial charge in [-0.2, -0.15) is 4.98 Å². The van der Waals surface area contributed by atoms with Gasteiger partial charge in [0.2, 0.25) is 5.95 Å². The topological polar surface area (TPSA) is 88.8 Å². The molecule has 1 aromatic carbocycles. The van der Waals surface area contributed by atoms with E-state index >= 15 is 0 Å². The monoisotopic (exact) mass is 280 g/mol. The first-order valence-corrected chi connectivity index (χ1v) is 6.74. The predicted molar refractivity (Wildman–Crippen MR) is 83.8 cm³/mol. The van der Waals surface area contributed by atoms with Crippen LogP contribution < -0.4 is 16.6 Å². The number of nitrogens with two attached hydrogens (primary N) is 1. The van der Waals surface area contributed by atoms with E-state index in [1.807, 2.05) is 42.5 Å². The molecule has 0 aliphatic heterocycles. The largest absolute Gasteiger partial charge is 0.369 e. The minimum absolute atomic E-state index is 0.397. The van der Waals surface area contributed by atoms with Gasteiger partial charge in [0.1, 0.15) is 5.82 Å². The molecule has 0 aliphatic carbocycles. The molecule has 6 heteroatoms. The number of nitrogens with one attached hydrogen (secondary N) is 2. The molecular weight excluding hydrogens is 264 g/mol. The minimum Gasteiger partial charge on any atom is -0.369 e. The summed E-state index contributed by atoms with van der Waals surface area (Å²) in [6.45, 7) is 0.738. The van der Waals surface area contributed by atoms with Crippen LogP contribution in [0.2, 0.25) is 0 Å². The standard InChI is InChI=1S/C15H16N6/c16-21-15-19-13-7-2-1-6-12(13)14(20-15)18-10-8-11-5-3-4-9-17-11/h1-7,9H,8,10,16H2,(H2,18,19,20,21). The number of hydrogen-bond acceptors (Lipinski definition) is 6. The van der Waals surface area contributed by atoms with Crippen LogP contribution in [0.25, 0.3) is 10.9 Å². The first kappa shape index (κ1) is 13.3. The van der Waals surface area contributed by atoms with Crippen LogP contribution in [0, 0.1) is 0 Å². The fourth-order valence-electron chi connectivity index (χ4n) is 2.13. The number of anilines is 2. The molecule has 6 nitrogen and oxygen atoms in total. The van der Waals surface area contributed by atoms with Gasteiger partial charge in [0, 0.05) is 30.2 Å². The number of nitrogen functional groups attached to an aromatic ring is 1. The number of rotatable bonds is 5. The second-order valence-corrected chi connectivity index (χ2v) is 4.56. The highest BCUT2D eigenvalue weighted by Gasteiger charge is 2.06. The molecule has 0 aliphatic rings. The summed E-state index contributed by atoms with van der Waals surface area (Å²) in [5, 5.41) is 4.29. The van der Waals surface area contributed by atoms with Gasteiger partial charge < -0.3 is 5.32 Å². The molecule has 0 fully saturated rings.